The summed E-state index contributed by atoms with van der Waals surface area (Å²) in [5, 5.41) is 2.68. The summed E-state index contributed by atoms with van der Waals surface area (Å²) in [6.07, 6.45) is 1.62. The van der Waals surface area contributed by atoms with Crippen molar-refractivity contribution in [3.8, 4) is 0 Å². The number of nitrogens with zero attached hydrogens (tertiary/aromatic N) is 1. The molecule has 0 aliphatic rings. The van der Waals surface area contributed by atoms with Crippen LogP contribution in [0.2, 0.25) is 0 Å². The zero-order chi connectivity index (χ0) is 12.3. The molecule has 0 spiro atoms. The van der Waals surface area contributed by atoms with Crippen LogP contribution in [0.25, 0.3) is 0 Å². The van der Waals surface area contributed by atoms with Crippen molar-refractivity contribution in [3.63, 3.8) is 0 Å². The number of aromatic nitrogens is 1. The molecule has 0 atom stereocenters. The Bertz CT molecular complexity index is 540. The Labute approximate surface area is 107 Å². The Morgan fingerprint density at radius 2 is 2.00 bits per heavy atom. The van der Waals surface area contributed by atoms with Crippen LogP contribution in [0.1, 0.15) is 10.4 Å². The van der Waals surface area contributed by atoms with Gasteiger partial charge in [-0.05, 0) is 40.2 Å². The smallest absolute Gasteiger partial charge is 0.258 e. The van der Waals surface area contributed by atoms with Crippen molar-refractivity contribution >= 4 is 33.3 Å². The summed E-state index contributed by atoms with van der Waals surface area (Å²) in [5.41, 5.74) is 6.60. The van der Waals surface area contributed by atoms with Crippen LogP contribution in [-0.2, 0) is 0 Å². The average Bonchev–Trinajstić information content (AvgIpc) is 2.32. The van der Waals surface area contributed by atoms with E-state index in [-0.39, 0.29) is 5.91 Å². The highest BCUT2D eigenvalue weighted by Gasteiger charge is 2.09. The van der Waals surface area contributed by atoms with Crippen molar-refractivity contribution in [1.29, 1.82) is 0 Å². The number of nitrogen functional groups attached to an aromatic ring is 1. The van der Waals surface area contributed by atoms with Crippen molar-refractivity contribution in [2.24, 2.45) is 0 Å². The van der Waals surface area contributed by atoms with Crippen molar-refractivity contribution in [1.82, 2.24) is 4.98 Å². The standard InChI is InChI=1S/C12H10BrN3O/c13-8-5-6-11(15-7-8)16-12(17)9-3-1-2-4-10(9)14/h1-7H,14H2,(H,15,16,17). The van der Waals surface area contributed by atoms with Gasteiger partial charge in [0.1, 0.15) is 5.82 Å². The number of nitrogens with two attached hydrogens (primary N) is 1. The molecule has 2 rings (SSSR count). The van der Waals surface area contributed by atoms with E-state index in [1.165, 1.54) is 0 Å². The van der Waals surface area contributed by atoms with Crippen LogP contribution in [0.4, 0.5) is 11.5 Å². The summed E-state index contributed by atoms with van der Waals surface area (Å²) < 4.78 is 0.856. The van der Waals surface area contributed by atoms with Crippen molar-refractivity contribution in [2.75, 3.05) is 11.1 Å². The second kappa shape index (κ2) is 4.97. The molecule has 0 bridgehead atoms. The van der Waals surface area contributed by atoms with Gasteiger partial charge in [-0.15, -0.1) is 0 Å². The number of pyridine rings is 1. The maximum absolute atomic E-state index is 11.9. The lowest BCUT2D eigenvalue weighted by molar-refractivity contribution is 0.102. The van der Waals surface area contributed by atoms with Gasteiger partial charge in [-0.2, -0.15) is 0 Å². The van der Waals surface area contributed by atoms with Crippen LogP contribution in [0, 0.1) is 0 Å². The van der Waals surface area contributed by atoms with Crippen molar-refractivity contribution in [2.45, 2.75) is 0 Å². The number of benzene rings is 1. The minimum absolute atomic E-state index is 0.266. The molecule has 0 radical (unpaired) electrons. The normalized spacial score (nSPS) is 9.94. The fourth-order valence-corrected chi connectivity index (χ4v) is 1.57. The van der Waals surface area contributed by atoms with Gasteiger partial charge < -0.3 is 11.1 Å². The van der Waals surface area contributed by atoms with E-state index in [1.54, 1.807) is 42.6 Å². The van der Waals surface area contributed by atoms with Crippen LogP contribution in [0.15, 0.2) is 47.1 Å². The van der Waals surface area contributed by atoms with Crippen LogP contribution >= 0.6 is 15.9 Å². The number of hydrogen-bond donors (Lipinski definition) is 2. The maximum Gasteiger partial charge on any atom is 0.258 e. The van der Waals surface area contributed by atoms with Gasteiger partial charge in [0.25, 0.3) is 5.91 Å². The van der Waals surface area contributed by atoms with Gasteiger partial charge in [0.05, 0.1) is 5.56 Å². The lowest BCUT2D eigenvalue weighted by atomic mass is 10.1. The molecule has 0 aliphatic carbocycles. The fourth-order valence-electron chi connectivity index (χ4n) is 1.34. The van der Waals surface area contributed by atoms with Gasteiger partial charge in [-0.25, -0.2) is 4.98 Å². The third-order valence-corrected chi connectivity index (χ3v) is 2.64. The second-order valence-corrected chi connectivity index (χ2v) is 4.32. The Morgan fingerprint density at radius 3 is 2.65 bits per heavy atom. The molecule has 1 aromatic carbocycles. The second-order valence-electron chi connectivity index (χ2n) is 3.40. The number of hydrogen-bond acceptors (Lipinski definition) is 3. The number of para-hydroxylation sites is 1. The van der Waals surface area contributed by atoms with E-state index in [0.29, 0.717) is 17.1 Å². The summed E-state index contributed by atoms with van der Waals surface area (Å²) >= 11 is 3.27. The number of carbonyl (C=O) groups is 1. The Balaban J connectivity index is 2.17. The van der Waals surface area contributed by atoms with E-state index < -0.39 is 0 Å². The van der Waals surface area contributed by atoms with Crippen molar-refractivity contribution in [3.05, 3.63) is 52.6 Å². The molecule has 5 heteroatoms. The molecule has 0 unspecified atom stereocenters. The highest BCUT2D eigenvalue weighted by atomic mass is 79.9. The fraction of sp³-hybridized carbons (Fsp3) is 0. The molecule has 0 fully saturated rings. The van der Waals surface area contributed by atoms with E-state index in [1.807, 2.05) is 0 Å². The maximum atomic E-state index is 11.9. The molecule has 17 heavy (non-hydrogen) atoms. The van der Waals surface area contributed by atoms with Crippen molar-refractivity contribution < 1.29 is 4.79 Å². The minimum Gasteiger partial charge on any atom is -0.398 e. The highest BCUT2D eigenvalue weighted by molar-refractivity contribution is 9.10. The summed E-state index contributed by atoms with van der Waals surface area (Å²) in [4.78, 5) is 15.9. The topological polar surface area (TPSA) is 68.0 Å². The number of halogens is 1. The Morgan fingerprint density at radius 1 is 1.24 bits per heavy atom. The predicted octanol–water partition coefficient (Wildman–Crippen LogP) is 2.68. The van der Waals surface area contributed by atoms with Gasteiger partial charge in [-0.1, -0.05) is 12.1 Å². The van der Waals surface area contributed by atoms with Gasteiger partial charge in [0, 0.05) is 16.4 Å². The van der Waals surface area contributed by atoms with Crippen LogP contribution in [0.5, 0.6) is 0 Å². The number of nitrogens with one attached hydrogen (secondary N) is 1. The van der Waals surface area contributed by atoms with Crippen LogP contribution < -0.4 is 11.1 Å². The lowest BCUT2D eigenvalue weighted by Gasteiger charge is -2.06. The Kier molecular flexibility index (Phi) is 3.39. The molecule has 1 amide bonds. The first-order chi connectivity index (χ1) is 8.16. The molecule has 4 nitrogen and oxygen atoms in total. The third kappa shape index (κ3) is 2.82. The zero-order valence-electron chi connectivity index (χ0n) is 8.85. The minimum atomic E-state index is -0.266. The number of rotatable bonds is 2. The third-order valence-electron chi connectivity index (χ3n) is 2.17. The van der Waals surface area contributed by atoms with Crippen LogP contribution in [-0.4, -0.2) is 10.9 Å². The summed E-state index contributed by atoms with van der Waals surface area (Å²) in [5.74, 6) is 0.222. The van der Waals surface area contributed by atoms with Gasteiger partial charge >= 0.3 is 0 Å². The number of anilines is 2. The first kappa shape index (κ1) is 11.6. The zero-order valence-corrected chi connectivity index (χ0v) is 10.4. The van der Waals surface area contributed by atoms with Gasteiger partial charge in [0.15, 0.2) is 0 Å². The molecule has 0 saturated carbocycles. The summed E-state index contributed by atoms with van der Waals surface area (Å²) in [7, 11) is 0. The van der Waals surface area contributed by atoms with E-state index in [0.717, 1.165) is 4.47 Å². The van der Waals surface area contributed by atoms with E-state index in [9.17, 15) is 4.79 Å². The van der Waals surface area contributed by atoms with E-state index >= 15 is 0 Å². The first-order valence-corrected chi connectivity index (χ1v) is 5.73. The predicted molar refractivity (Wildman–Crippen MR) is 70.7 cm³/mol. The van der Waals surface area contributed by atoms with E-state index in [4.69, 9.17) is 5.73 Å². The molecule has 2 aromatic rings. The van der Waals surface area contributed by atoms with Crippen LogP contribution in [0.3, 0.4) is 0 Å². The molecular formula is C12H10BrN3O. The average molecular weight is 292 g/mol. The van der Waals surface area contributed by atoms with Gasteiger partial charge in [-0.3, -0.25) is 4.79 Å². The monoisotopic (exact) mass is 291 g/mol. The molecule has 0 saturated heterocycles. The first-order valence-electron chi connectivity index (χ1n) is 4.94. The summed E-state index contributed by atoms with van der Waals surface area (Å²) in [6.45, 7) is 0. The quantitative estimate of drug-likeness (QED) is 0.836. The SMILES string of the molecule is Nc1ccccc1C(=O)Nc1ccc(Br)cn1. The molecule has 86 valence electrons. The number of amides is 1. The molecule has 1 aromatic heterocycles. The summed E-state index contributed by atoms with van der Waals surface area (Å²) in [6, 6.07) is 10.4. The molecular weight excluding hydrogens is 282 g/mol. The highest BCUT2D eigenvalue weighted by Crippen LogP contribution is 2.14. The van der Waals surface area contributed by atoms with Gasteiger partial charge in [0.2, 0.25) is 0 Å². The number of carbonyl (C=O) groups excluding carboxylic acids is 1. The molecule has 3 N–H and O–H groups in total. The lowest BCUT2D eigenvalue weighted by Crippen LogP contribution is -2.14. The molecule has 1 heterocycles. The largest absolute Gasteiger partial charge is 0.398 e. The Hall–Kier alpha value is -1.88. The van der Waals surface area contributed by atoms with E-state index in [2.05, 4.69) is 26.2 Å². The molecule has 0 aliphatic heterocycles.